The lowest BCUT2D eigenvalue weighted by atomic mass is 9.43. The number of fused-ring (bicyclic) bond motifs is 4. The fourth-order valence-electron chi connectivity index (χ4n) is 7.44. The van der Waals surface area contributed by atoms with E-state index in [0.717, 1.165) is 31.1 Å². The Labute approximate surface area is 169 Å². The number of carbonyl (C=O) groups excluding carboxylic acids is 1. The Morgan fingerprint density at radius 2 is 1.89 bits per heavy atom. The Bertz CT molecular complexity index is 743. The van der Waals surface area contributed by atoms with Crippen molar-refractivity contribution in [1.82, 2.24) is 0 Å². The lowest BCUT2D eigenvalue weighted by Crippen LogP contribution is -2.55. The van der Waals surface area contributed by atoms with Gasteiger partial charge in [-0.25, -0.2) is 0 Å². The Hall–Kier alpha value is -0.940. The van der Waals surface area contributed by atoms with E-state index >= 15 is 0 Å². The summed E-state index contributed by atoms with van der Waals surface area (Å²) in [5.41, 5.74) is 4.00. The zero-order chi connectivity index (χ0) is 19.4. The predicted octanol–water partition coefficient (Wildman–Crippen LogP) is 6.23. The molecule has 6 atom stereocenters. The molecule has 0 aliphatic heterocycles. The van der Waals surface area contributed by atoms with Gasteiger partial charge in [-0.2, -0.15) is 0 Å². The fraction of sp³-hybridized carbons (Fsp3) is 0.792. The van der Waals surface area contributed by atoms with E-state index < -0.39 is 0 Å². The van der Waals surface area contributed by atoms with E-state index in [-0.39, 0.29) is 22.9 Å². The van der Waals surface area contributed by atoms with Gasteiger partial charge in [0.25, 0.3) is 0 Å². The molecule has 148 valence electrons. The van der Waals surface area contributed by atoms with E-state index in [0.29, 0.717) is 5.41 Å². The lowest BCUT2D eigenvalue weighted by molar-refractivity contribution is -0.165. The van der Waals surface area contributed by atoms with Crippen molar-refractivity contribution in [1.29, 1.82) is 0 Å². The standard InChI is InChI=1S/C24H33ClO2/c1-16(26)27-17-7-12-24(4)21-6-5-20-18(8-10-22(20,2)13-14-25)19(21)9-11-23(24,3)15-17/h17,19,21H,5-12,15H2,1-4H3/t17-,19-,21+,22-,23-,24+/m0/s1. The van der Waals surface area contributed by atoms with Crippen LogP contribution in [0.3, 0.4) is 0 Å². The summed E-state index contributed by atoms with van der Waals surface area (Å²) in [7, 11) is 0. The zero-order valence-electron chi connectivity index (χ0n) is 17.3. The van der Waals surface area contributed by atoms with Crippen molar-refractivity contribution in [2.75, 3.05) is 0 Å². The molecule has 0 unspecified atom stereocenters. The molecule has 0 aromatic heterocycles. The van der Waals surface area contributed by atoms with E-state index in [1.807, 2.05) is 0 Å². The molecule has 4 aliphatic carbocycles. The van der Waals surface area contributed by atoms with Gasteiger partial charge in [-0.3, -0.25) is 4.79 Å². The van der Waals surface area contributed by atoms with Crippen LogP contribution in [0.15, 0.2) is 11.1 Å². The van der Waals surface area contributed by atoms with E-state index in [1.165, 1.54) is 38.5 Å². The summed E-state index contributed by atoms with van der Waals surface area (Å²) in [4.78, 5) is 11.5. The van der Waals surface area contributed by atoms with Crippen molar-refractivity contribution in [3.8, 4) is 11.3 Å². The smallest absolute Gasteiger partial charge is 0.302 e. The van der Waals surface area contributed by atoms with Crippen LogP contribution >= 0.6 is 11.6 Å². The second kappa shape index (κ2) is 6.55. The van der Waals surface area contributed by atoms with Crippen LogP contribution in [0.1, 0.15) is 85.5 Å². The number of esters is 1. The van der Waals surface area contributed by atoms with Gasteiger partial charge in [0.05, 0.1) is 5.41 Å². The summed E-state index contributed by atoms with van der Waals surface area (Å²) in [6.07, 6.45) is 10.7. The van der Waals surface area contributed by atoms with Crippen LogP contribution in [-0.2, 0) is 9.53 Å². The van der Waals surface area contributed by atoms with E-state index in [4.69, 9.17) is 16.3 Å². The number of halogens is 1. The zero-order valence-corrected chi connectivity index (χ0v) is 18.0. The van der Waals surface area contributed by atoms with Crippen LogP contribution in [0.5, 0.6) is 0 Å². The number of carbonyl (C=O) groups is 1. The average molecular weight is 389 g/mol. The molecule has 4 aliphatic rings. The van der Waals surface area contributed by atoms with Gasteiger partial charge in [0.15, 0.2) is 0 Å². The number of allylic oxidation sites excluding steroid dienone is 2. The average Bonchev–Trinajstić information content (AvgIpc) is 2.93. The molecule has 0 heterocycles. The third-order valence-electron chi connectivity index (χ3n) is 9.11. The number of rotatable bonds is 1. The molecule has 0 spiro atoms. The van der Waals surface area contributed by atoms with Crippen LogP contribution in [0.2, 0.25) is 0 Å². The molecule has 0 amide bonds. The maximum atomic E-state index is 11.5. The molecular weight excluding hydrogens is 356 g/mol. The molecule has 0 N–H and O–H groups in total. The van der Waals surface area contributed by atoms with E-state index in [1.54, 1.807) is 18.1 Å². The van der Waals surface area contributed by atoms with Gasteiger partial charge in [-0.15, -0.1) is 0 Å². The van der Waals surface area contributed by atoms with Gasteiger partial charge in [-0.05, 0) is 99.0 Å². The van der Waals surface area contributed by atoms with Crippen LogP contribution < -0.4 is 0 Å². The van der Waals surface area contributed by atoms with Gasteiger partial charge in [0.2, 0.25) is 0 Å². The third kappa shape index (κ3) is 2.88. The maximum absolute atomic E-state index is 11.5. The number of hydrogen-bond acceptors (Lipinski definition) is 2. The van der Waals surface area contributed by atoms with Crippen molar-refractivity contribution in [3.63, 3.8) is 0 Å². The van der Waals surface area contributed by atoms with E-state index in [9.17, 15) is 4.79 Å². The molecule has 0 saturated heterocycles. The van der Waals surface area contributed by atoms with Crippen LogP contribution in [0.25, 0.3) is 0 Å². The molecular formula is C24H33ClO2. The Morgan fingerprint density at radius 3 is 2.59 bits per heavy atom. The van der Waals surface area contributed by atoms with Crippen LogP contribution in [0, 0.1) is 39.4 Å². The van der Waals surface area contributed by atoms with Crippen molar-refractivity contribution in [3.05, 3.63) is 11.1 Å². The van der Waals surface area contributed by atoms with Crippen LogP contribution in [0.4, 0.5) is 0 Å². The minimum absolute atomic E-state index is 0.0106. The molecule has 0 radical (unpaired) electrons. The molecule has 4 rings (SSSR count). The highest BCUT2D eigenvalue weighted by Crippen LogP contribution is 2.68. The predicted molar refractivity (Wildman–Crippen MR) is 109 cm³/mol. The topological polar surface area (TPSA) is 26.3 Å². The highest BCUT2D eigenvalue weighted by atomic mass is 35.5. The third-order valence-corrected chi connectivity index (χ3v) is 9.21. The monoisotopic (exact) mass is 388 g/mol. The molecule has 0 bridgehead atoms. The quantitative estimate of drug-likeness (QED) is 0.302. The van der Waals surface area contributed by atoms with E-state index in [2.05, 4.69) is 32.1 Å². The van der Waals surface area contributed by atoms with Crippen molar-refractivity contribution in [2.24, 2.45) is 28.1 Å². The highest BCUT2D eigenvalue weighted by molar-refractivity contribution is 6.30. The number of ether oxygens (including phenoxy) is 1. The largest absolute Gasteiger partial charge is 0.463 e. The summed E-state index contributed by atoms with van der Waals surface area (Å²) < 4.78 is 5.63. The minimum atomic E-state index is -0.126. The summed E-state index contributed by atoms with van der Waals surface area (Å²) in [6, 6.07) is 0. The van der Waals surface area contributed by atoms with Crippen LogP contribution in [-0.4, -0.2) is 12.1 Å². The second-order valence-corrected chi connectivity index (χ2v) is 10.5. The second-order valence-electron chi connectivity index (χ2n) is 10.3. The van der Waals surface area contributed by atoms with Crippen molar-refractivity contribution in [2.45, 2.75) is 91.6 Å². The summed E-state index contributed by atoms with van der Waals surface area (Å²) in [5.74, 6) is 4.69. The van der Waals surface area contributed by atoms with Crippen molar-refractivity contribution >= 4 is 17.6 Å². The summed E-state index contributed by atoms with van der Waals surface area (Å²) in [6.45, 7) is 8.86. The van der Waals surface area contributed by atoms with Gasteiger partial charge in [0, 0.05) is 12.3 Å². The Balaban J connectivity index is 1.62. The molecule has 2 nitrogen and oxygen atoms in total. The Kier molecular flexibility index (Phi) is 4.70. The highest BCUT2D eigenvalue weighted by Gasteiger charge is 2.59. The fourth-order valence-corrected chi connectivity index (χ4v) is 7.65. The maximum Gasteiger partial charge on any atom is 0.302 e. The van der Waals surface area contributed by atoms with Gasteiger partial charge in [-0.1, -0.05) is 30.9 Å². The normalized spacial score (nSPS) is 45.9. The lowest BCUT2D eigenvalue weighted by Gasteiger charge is -2.62. The first-order chi connectivity index (χ1) is 12.7. The number of hydrogen-bond donors (Lipinski definition) is 0. The summed E-state index contributed by atoms with van der Waals surface area (Å²) >= 11 is 5.80. The van der Waals surface area contributed by atoms with Crippen molar-refractivity contribution < 1.29 is 9.53 Å². The minimum Gasteiger partial charge on any atom is -0.463 e. The molecule has 3 heteroatoms. The molecule has 2 saturated carbocycles. The first-order valence-corrected chi connectivity index (χ1v) is 11.1. The summed E-state index contributed by atoms with van der Waals surface area (Å²) in [5, 5.41) is 2.68. The first kappa shape index (κ1) is 19.4. The molecule has 2 fully saturated rings. The SMILES string of the molecule is CC(=O)O[C@H]1CC[C@]2(C)[C@@H]3CCC4=C(CC[C@@]4(C)C#CCl)[C@@H]3CC[C@@]2(C)C1. The molecule has 0 aromatic carbocycles. The molecule has 27 heavy (non-hydrogen) atoms. The van der Waals surface area contributed by atoms with Gasteiger partial charge >= 0.3 is 5.97 Å². The van der Waals surface area contributed by atoms with Gasteiger partial charge in [0.1, 0.15) is 6.10 Å². The first-order valence-electron chi connectivity index (χ1n) is 10.7. The van der Waals surface area contributed by atoms with Gasteiger partial charge < -0.3 is 4.74 Å². The Morgan fingerprint density at radius 1 is 1.11 bits per heavy atom. The molecule has 0 aromatic rings.